The van der Waals surface area contributed by atoms with Gasteiger partial charge >= 0.3 is 0 Å². The van der Waals surface area contributed by atoms with Crippen LogP contribution >= 0.6 is 0 Å². The Morgan fingerprint density at radius 1 is 1.50 bits per heavy atom. The molecule has 0 aliphatic carbocycles. The molecule has 0 spiro atoms. The summed E-state index contributed by atoms with van der Waals surface area (Å²) in [6, 6.07) is 4.49. The molecule has 1 aliphatic heterocycles. The number of nitrogens with one attached hydrogen (secondary N) is 1. The van der Waals surface area contributed by atoms with Crippen LogP contribution in [0.2, 0.25) is 0 Å². The smallest absolute Gasteiger partial charge is 0.133 e. The molecule has 1 aliphatic rings. The van der Waals surface area contributed by atoms with Gasteiger partial charge in [0.2, 0.25) is 0 Å². The molecular formula is C16H24FNO2. The summed E-state index contributed by atoms with van der Waals surface area (Å²) in [4.78, 5) is 0. The Morgan fingerprint density at radius 2 is 2.25 bits per heavy atom. The average molecular weight is 281 g/mol. The van der Waals surface area contributed by atoms with Gasteiger partial charge in [0.25, 0.3) is 0 Å². The Kier molecular flexibility index (Phi) is 4.66. The van der Waals surface area contributed by atoms with Crippen LogP contribution in [0.4, 0.5) is 4.39 Å². The minimum absolute atomic E-state index is 0.160. The molecule has 1 heterocycles. The van der Waals surface area contributed by atoms with Crippen molar-refractivity contribution in [2.45, 2.75) is 44.8 Å². The second kappa shape index (κ2) is 6.10. The van der Waals surface area contributed by atoms with E-state index in [9.17, 15) is 9.50 Å². The molecule has 1 aromatic rings. The van der Waals surface area contributed by atoms with Gasteiger partial charge in [-0.15, -0.1) is 0 Å². The third kappa shape index (κ3) is 2.81. The lowest BCUT2D eigenvalue weighted by atomic mass is 9.78. The Balaban J connectivity index is 2.34. The van der Waals surface area contributed by atoms with E-state index in [-0.39, 0.29) is 11.6 Å². The highest BCUT2D eigenvalue weighted by molar-refractivity contribution is 5.40. The highest BCUT2D eigenvalue weighted by Crippen LogP contribution is 2.38. The van der Waals surface area contributed by atoms with Crippen molar-refractivity contribution in [3.05, 3.63) is 29.6 Å². The summed E-state index contributed by atoms with van der Waals surface area (Å²) in [7, 11) is 1.50. The fourth-order valence-electron chi connectivity index (χ4n) is 3.14. The normalized spacial score (nSPS) is 26.1. The van der Waals surface area contributed by atoms with Crippen molar-refractivity contribution in [3.63, 3.8) is 0 Å². The molecule has 3 nitrogen and oxygen atoms in total. The first-order valence-corrected chi connectivity index (χ1v) is 7.29. The fraction of sp³-hybridized carbons (Fsp3) is 0.625. The molecule has 1 saturated heterocycles. The van der Waals surface area contributed by atoms with Crippen LogP contribution in [0.5, 0.6) is 5.75 Å². The van der Waals surface area contributed by atoms with Gasteiger partial charge in [0, 0.05) is 6.04 Å². The van der Waals surface area contributed by atoms with Crippen LogP contribution in [-0.4, -0.2) is 24.8 Å². The molecule has 0 radical (unpaired) electrons. The van der Waals surface area contributed by atoms with Crippen molar-refractivity contribution >= 4 is 0 Å². The molecule has 112 valence electrons. The summed E-state index contributed by atoms with van der Waals surface area (Å²) in [5.41, 5.74) is -1.04. The summed E-state index contributed by atoms with van der Waals surface area (Å²) in [5, 5.41) is 14.3. The van der Waals surface area contributed by atoms with E-state index in [1.807, 2.05) is 0 Å². The minimum atomic E-state index is -1.29. The SMILES string of the molecule is CCC1CCNC(C(C)(O)c2c(F)cccc2OC)C1. The van der Waals surface area contributed by atoms with E-state index < -0.39 is 11.4 Å². The molecular weight excluding hydrogens is 257 g/mol. The Hall–Kier alpha value is -1.13. The monoisotopic (exact) mass is 281 g/mol. The van der Waals surface area contributed by atoms with Crippen LogP contribution in [0, 0.1) is 11.7 Å². The lowest BCUT2D eigenvalue weighted by Crippen LogP contribution is -2.51. The first kappa shape index (κ1) is 15.3. The van der Waals surface area contributed by atoms with Crippen molar-refractivity contribution in [2.24, 2.45) is 5.92 Å². The number of rotatable bonds is 4. The number of piperidine rings is 1. The third-order valence-corrected chi connectivity index (χ3v) is 4.47. The molecule has 3 atom stereocenters. The van der Waals surface area contributed by atoms with Crippen molar-refractivity contribution in [1.29, 1.82) is 0 Å². The fourth-order valence-corrected chi connectivity index (χ4v) is 3.14. The zero-order valence-electron chi connectivity index (χ0n) is 12.4. The van der Waals surface area contributed by atoms with Gasteiger partial charge in [0.15, 0.2) is 0 Å². The predicted molar refractivity (Wildman–Crippen MR) is 77.3 cm³/mol. The van der Waals surface area contributed by atoms with Crippen molar-refractivity contribution in [1.82, 2.24) is 5.32 Å². The van der Waals surface area contributed by atoms with E-state index in [4.69, 9.17) is 4.74 Å². The van der Waals surface area contributed by atoms with Crippen molar-refractivity contribution in [3.8, 4) is 5.75 Å². The summed E-state index contributed by atoms with van der Waals surface area (Å²) < 4.78 is 19.4. The summed E-state index contributed by atoms with van der Waals surface area (Å²) in [5.74, 6) is 0.552. The molecule has 3 unspecified atom stereocenters. The zero-order chi connectivity index (χ0) is 14.8. The van der Waals surface area contributed by atoms with E-state index >= 15 is 0 Å². The maximum Gasteiger partial charge on any atom is 0.133 e. The molecule has 1 fully saturated rings. The van der Waals surface area contributed by atoms with E-state index in [1.54, 1.807) is 19.1 Å². The highest BCUT2D eigenvalue weighted by Gasteiger charge is 2.40. The number of aliphatic hydroxyl groups is 1. The van der Waals surface area contributed by atoms with Gasteiger partial charge < -0.3 is 15.2 Å². The standard InChI is InChI=1S/C16H24FNO2/c1-4-11-8-9-18-14(10-11)16(2,19)15-12(17)6-5-7-13(15)20-3/h5-7,11,14,18-19H,4,8-10H2,1-3H3. The van der Waals surface area contributed by atoms with Crippen LogP contribution in [0.15, 0.2) is 18.2 Å². The van der Waals surface area contributed by atoms with Crippen molar-refractivity contribution < 1.29 is 14.2 Å². The zero-order valence-corrected chi connectivity index (χ0v) is 12.4. The van der Waals surface area contributed by atoms with E-state index in [0.29, 0.717) is 11.7 Å². The molecule has 2 rings (SSSR count). The number of hydrogen-bond acceptors (Lipinski definition) is 3. The minimum Gasteiger partial charge on any atom is -0.496 e. The van der Waals surface area contributed by atoms with E-state index in [2.05, 4.69) is 12.2 Å². The Morgan fingerprint density at radius 3 is 2.90 bits per heavy atom. The Labute approximate surface area is 120 Å². The second-order valence-corrected chi connectivity index (χ2v) is 5.77. The van der Waals surface area contributed by atoms with E-state index in [1.165, 1.54) is 13.2 Å². The van der Waals surface area contributed by atoms with Crippen LogP contribution in [-0.2, 0) is 5.60 Å². The lowest BCUT2D eigenvalue weighted by Gasteiger charge is -2.40. The second-order valence-electron chi connectivity index (χ2n) is 5.77. The van der Waals surface area contributed by atoms with Gasteiger partial charge in [0.05, 0.1) is 12.7 Å². The molecule has 0 amide bonds. The van der Waals surface area contributed by atoms with Crippen LogP contribution in [0.25, 0.3) is 0 Å². The van der Waals surface area contributed by atoms with Crippen LogP contribution in [0.1, 0.15) is 38.7 Å². The van der Waals surface area contributed by atoms with E-state index in [0.717, 1.165) is 25.8 Å². The molecule has 2 N–H and O–H groups in total. The summed E-state index contributed by atoms with van der Waals surface area (Å²) in [6.07, 6.45) is 3.04. The quantitative estimate of drug-likeness (QED) is 0.891. The number of ether oxygens (including phenoxy) is 1. The van der Waals surface area contributed by atoms with Gasteiger partial charge in [-0.1, -0.05) is 19.4 Å². The maximum absolute atomic E-state index is 14.2. The number of benzene rings is 1. The predicted octanol–water partition coefficient (Wildman–Crippen LogP) is 2.82. The molecule has 0 aromatic heterocycles. The summed E-state index contributed by atoms with van der Waals surface area (Å²) in [6.45, 7) is 4.69. The largest absolute Gasteiger partial charge is 0.496 e. The first-order valence-electron chi connectivity index (χ1n) is 7.29. The van der Waals surface area contributed by atoms with Gasteiger partial charge in [-0.3, -0.25) is 0 Å². The molecule has 4 heteroatoms. The Bertz CT molecular complexity index is 462. The van der Waals surface area contributed by atoms with Gasteiger partial charge in [-0.2, -0.15) is 0 Å². The lowest BCUT2D eigenvalue weighted by molar-refractivity contribution is -0.00781. The van der Waals surface area contributed by atoms with Gasteiger partial charge in [-0.25, -0.2) is 4.39 Å². The topological polar surface area (TPSA) is 41.5 Å². The van der Waals surface area contributed by atoms with Gasteiger partial charge in [-0.05, 0) is 44.4 Å². The highest BCUT2D eigenvalue weighted by atomic mass is 19.1. The molecule has 0 saturated carbocycles. The third-order valence-electron chi connectivity index (χ3n) is 4.47. The maximum atomic E-state index is 14.2. The number of hydrogen-bond donors (Lipinski definition) is 2. The number of methoxy groups -OCH3 is 1. The van der Waals surface area contributed by atoms with Crippen molar-refractivity contribution in [2.75, 3.05) is 13.7 Å². The molecule has 1 aromatic carbocycles. The average Bonchev–Trinajstić information content (AvgIpc) is 2.46. The molecule has 20 heavy (non-hydrogen) atoms. The number of halogens is 1. The van der Waals surface area contributed by atoms with Crippen LogP contribution in [0.3, 0.4) is 0 Å². The van der Waals surface area contributed by atoms with Gasteiger partial charge in [0.1, 0.15) is 17.2 Å². The van der Waals surface area contributed by atoms with Crippen LogP contribution < -0.4 is 10.1 Å². The summed E-state index contributed by atoms with van der Waals surface area (Å²) >= 11 is 0. The first-order chi connectivity index (χ1) is 9.50. The molecule has 0 bridgehead atoms.